The maximum absolute atomic E-state index is 11.9. The van der Waals surface area contributed by atoms with Gasteiger partial charge in [0, 0.05) is 25.8 Å². The molecule has 5 heteroatoms. The minimum Gasteiger partial charge on any atom is -0.444 e. The van der Waals surface area contributed by atoms with Gasteiger partial charge in [-0.2, -0.15) is 0 Å². The van der Waals surface area contributed by atoms with Crippen molar-refractivity contribution in [1.29, 1.82) is 0 Å². The highest BCUT2D eigenvalue weighted by Gasteiger charge is 2.20. The summed E-state index contributed by atoms with van der Waals surface area (Å²) >= 11 is 0. The normalized spacial score (nSPS) is 12.8. The Morgan fingerprint density at radius 2 is 2.00 bits per heavy atom. The van der Waals surface area contributed by atoms with Crippen LogP contribution in [0.1, 0.15) is 33.3 Å². The summed E-state index contributed by atoms with van der Waals surface area (Å²) in [5, 5.41) is 3.38. The number of hydrogen-bond donors (Lipinski definition) is 2. The molecular formula is C17H29N3O2. The second-order valence-electron chi connectivity index (χ2n) is 6.80. The molecule has 0 aliphatic carbocycles. The van der Waals surface area contributed by atoms with Crippen LogP contribution in [0.4, 0.5) is 10.5 Å². The largest absolute Gasteiger partial charge is 0.444 e. The van der Waals surface area contributed by atoms with Crippen LogP contribution in [-0.2, 0) is 11.3 Å². The van der Waals surface area contributed by atoms with Crippen LogP contribution in [0, 0.1) is 5.92 Å². The predicted octanol–water partition coefficient (Wildman–Crippen LogP) is 2.86. The summed E-state index contributed by atoms with van der Waals surface area (Å²) in [6.45, 7) is 9.89. The quantitative estimate of drug-likeness (QED) is 0.793. The molecule has 1 atom stereocenters. The Morgan fingerprint density at radius 3 is 2.59 bits per heavy atom. The van der Waals surface area contributed by atoms with Crippen molar-refractivity contribution in [1.82, 2.24) is 10.2 Å². The second kappa shape index (κ2) is 8.03. The second-order valence-corrected chi connectivity index (χ2v) is 6.80. The molecule has 0 spiro atoms. The highest BCUT2D eigenvalue weighted by atomic mass is 16.6. The molecule has 22 heavy (non-hydrogen) atoms. The third-order valence-corrected chi connectivity index (χ3v) is 3.15. The van der Waals surface area contributed by atoms with Gasteiger partial charge in [-0.15, -0.1) is 0 Å². The average molecular weight is 307 g/mol. The first kappa shape index (κ1) is 18.3. The SMILES string of the molecule is CC(CNCc1ccccc1N)CN(C)C(=O)OC(C)(C)C. The minimum atomic E-state index is -0.461. The van der Waals surface area contributed by atoms with E-state index in [-0.39, 0.29) is 6.09 Å². The summed E-state index contributed by atoms with van der Waals surface area (Å²) in [6, 6.07) is 7.82. The molecule has 0 fully saturated rings. The fraction of sp³-hybridized carbons (Fsp3) is 0.588. The number of anilines is 1. The maximum Gasteiger partial charge on any atom is 0.410 e. The Kier molecular flexibility index (Phi) is 6.68. The lowest BCUT2D eigenvalue weighted by molar-refractivity contribution is 0.0277. The first-order chi connectivity index (χ1) is 10.2. The van der Waals surface area contributed by atoms with Gasteiger partial charge in [0.2, 0.25) is 0 Å². The smallest absolute Gasteiger partial charge is 0.410 e. The van der Waals surface area contributed by atoms with E-state index in [4.69, 9.17) is 10.5 Å². The fourth-order valence-electron chi connectivity index (χ4n) is 2.09. The number of amides is 1. The monoisotopic (exact) mass is 307 g/mol. The number of benzene rings is 1. The summed E-state index contributed by atoms with van der Waals surface area (Å²) in [7, 11) is 1.76. The zero-order valence-electron chi connectivity index (χ0n) is 14.3. The van der Waals surface area contributed by atoms with Crippen molar-refractivity contribution >= 4 is 11.8 Å². The van der Waals surface area contributed by atoms with E-state index in [1.807, 2.05) is 45.0 Å². The number of nitrogen functional groups attached to an aromatic ring is 1. The van der Waals surface area contributed by atoms with Crippen molar-refractivity contribution in [2.75, 3.05) is 25.9 Å². The van der Waals surface area contributed by atoms with Crippen LogP contribution in [0.3, 0.4) is 0 Å². The van der Waals surface area contributed by atoms with Crippen molar-refractivity contribution in [3.05, 3.63) is 29.8 Å². The van der Waals surface area contributed by atoms with Gasteiger partial charge in [-0.05, 0) is 44.9 Å². The number of carbonyl (C=O) groups is 1. The Hall–Kier alpha value is -1.75. The van der Waals surface area contributed by atoms with Gasteiger partial charge in [-0.25, -0.2) is 4.79 Å². The van der Waals surface area contributed by atoms with E-state index in [9.17, 15) is 4.79 Å². The topological polar surface area (TPSA) is 67.6 Å². The lowest BCUT2D eigenvalue weighted by atomic mass is 10.1. The van der Waals surface area contributed by atoms with Crippen LogP contribution >= 0.6 is 0 Å². The Labute approximate surface area is 133 Å². The van der Waals surface area contributed by atoms with Gasteiger partial charge in [0.15, 0.2) is 0 Å². The van der Waals surface area contributed by atoms with Gasteiger partial charge in [-0.3, -0.25) is 0 Å². The van der Waals surface area contributed by atoms with Gasteiger partial charge < -0.3 is 20.7 Å². The fourth-order valence-corrected chi connectivity index (χ4v) is 2.09. The molecule has 0 aromatic heterocycles. The molecule has 1 aromatic rings. The summed E-state index contributed by atoms with van der Waals surface area (Å²) in [5.41, 5.74) is 7.34. The first-order valence-electron chi connectivity index (χ1n) is 7.67. The highest BCUT2D eigenvalue weighted by Crippen LogP contribution is 2.11. The van der Waals surface area contributed by atoms with E-state index >= 15 is 0 Å². The van der Waals surface area contributed by atoms with Gasteiger partial charge >= 0.3 is 6.09 Å². The Morgan fingerprint density at radius 1 is 1.36 bits per heavy atom. The summed E-state index contributed by atoms with van der Waals surface area (Å²) < 4.78 is 5.34. The number of nitrogens with one attached hydrogen (secondary N) is 1. The zero-order chi connectivity index (χ0) is 16.8. The van der Waals surface area contributed by atoms with Crippen LogP contribution in [0.25, 0.3) is 0 Å². The minimum absolute atomic E-state index is 0.286. The van der Waals surface area contributed by atoms with Crippen LogP contribution in [0.2, 0.25) is 0 Å². The molecule has 0 bridgehead atoms. The van der Waals surface area contributed by atoms with Gasteiger partial charge in [0.25, 0.3) is 0 Å². The molecule has 5 nitrogen and oxygen atoms in total. The molecule has 0 saturated carbocycles. The number of nitrogens with zero attached hydrogens (tertiary/aromatic N) is 1. The number of nitrogens with two attached hydrogens (primary N) is 1. The number of ether oxygens (including phenoxy) is 1. The summed E-state index contributed by atoms with van der Waals surface area (Å²) in [4.78, 5) is 13.5. The first-order valence-corrected chi connectivity index (χ1v) is 7.67. The molecule has 1 aromatic carbocycles. The predicted molar refractivity (Wildman–Crippen MR) is 90.6 cm³/mol. The van der Waals surface area contributed by atoms with Crippen molar-refractivity contribution in [2.45, 2.75) is 39.8 Å². The maximum atomic E-state index is 11.9. The van der Waals surface area contributed by atoms with Crippen LogP contribution < -0.4 is 11.1 Å². The van der Waals surface area contributed by atoms with Crippen molar-refractivity contribution in [2.24, 2.45) is 5.92 Å². The van der Waals surface area contributed by atoms with E-state index in [1.54, 1.807) is 11.9 Å². The molecule has 3 N–H and O–H groups in total. The number of hydrogen-bond acceptors (Lipinski definition) is 4. The van der Waals surface area contributed by atoms with Gasteiger partial charge in [0.1, 0.15) is 5.60 Å². The third kappa shape index (κ3) is 6.80. The van der Waals surface area contributed by atoms with E-state index in [2.05, 4.69) is 12.2 Å². The molecule has 1 unspecified atom stereocenters. The van der Waals surface area contributed by atoms with E-state index < -0.39 is 5.60 Å². The van der Waals surface area contributed by atoms with Gasteiger partial charge in [0.05, 0.1) is 0 Å². The zero-order valence-corrected chi connectivity index (χ0v) is 14.3. The van der Waals surface area contributed by atoms with Crippen LogP contribution in [0.15, 0.2) is 24.3 Å². The van der Waals surface area contributed by atoms with Crippen molar-refractivity contribution < 1.29 is 9.53 Å². The lowest BCUT2D eigenvalue weighted by Crippen LogP contribution is -2.38. The number of carbonyl (C=O) groups excluding carboxylic acids is 1. The highest BCUT2D eigenvalue weighted by molar-refractivity contribution is 5.67. The van der Waals surface area contributed by atoms with E-state index in [0.717, 1.165) is 24.3 Å². The van der Waals surface area contributed by atoms with E-state index in [0.29, 0.717) is 12.5 Å². The molecule has 1 rings (SSSR count). The molecule has 0 saturated heterocycles. The molecule has 0 radical (unpaired) electrons. The van der Waals surface area contributed by atoms with E-state index in [1.165, 1.54) is 0 Å². The Bertz CT molecular complexity index is 483. The standard InChI is InChI=1S/C17H29N3O2/c1-13(12-20(5)16(21)22-17(2,3)4)10-19-11-14-8-6-7-9-15(14)18/h6-9,13,19H,10-12,18H2,1-5H3. The molecule has 0 heterocycles. The summed E-state index contributed by atoms with van der Waals surface area (Å²) in [5.74, 6) is 0.322. The third-order valence-electron chi connectivity index (χ3n) is 3.15. The molecule has 0 aliphatic rings. The average Bonchev–Trinajstić information content (AvgIpc) is 2.39. The molecule has 1 amide bonds. The molecule has 124 valence electrons. The lowest BCUT2D eigenvalue weighted by Gasteiger charge is -2.26. The summed E-state index contributed by atoms with van der Waals surface area (Å²) in [6.07, 6.45) is -0.286. The van der Waals surface area contributed by atoms with Crippen LogP contribution in [0.5, 0.6) is 0 Å². The number of para-hydroxylation sites is 1. The molecular weight excluding hydrogens is 278 g/mol. The number of rotatable bonds is 6. The molecule has 0 aliphatic heterocycles. The van der Waals surface area contributed by atoms with Crippen molar-refractivity contribution in [3.8, 4) is 0 Å². The van der Waals surface area contributed by atoms with Crippen molar-refractivity contribution in [3.63, 3.8) is 0 Å². The van der Waals surface area contributed by atoms with Gasteiger partial charge in [-0.1, -0.05) is 25.1 Å². The Balaban J connectivity index is 2.32. The van der Waals surface area contributed by atoms with Crippen LogP contribution in [-0.4, -0.2) is 36.7 Å².